The van der Waals surface area contributed by atoms with E-state index in [1.54, 1.807) is 42.5 Å². The number of rotatable bonds is 2. The van der Waals surface area contributed by atoms with Crippen molar-refractivity contribution in [2.24, 2.45) is 0 Å². The number of methoxy groups -OCH3 is 2. The molecule has 164 valence electrons. The molecule has 0 aliphatic rings. The summed E-state index contributed by atoms with van der Waals surface area (Å²) in [5.41, 5.74) is 2.09. The smallest absolute Gasteiger partial charge is 0.337 e. The lowest BCUT2D eigenvalue weighted by molar-refractivity contribution is -0.576. The Morgan fingerprint density at radius 3 is 2.16 bits per heavy atom. The van der Waals surface area contributed by atoms with E-state index in [0.717, 1.165) is 10.9 Å². The van der Waals surface area contributed by atoms with Gasteiger partial charge >= 0.3 is 11.9 Å². The maximum atomic E-state index is 11.5. The predicted octanol–water partition coefficient (Wildman–Crippen LogP) is 5.35. The van der Waals surface area contributed by atoms with Gasteiger partial charge in [0.15, 0.2) is 6.20 Å². The molecule has 0 aliphatic carbocycles. The van der Waals surface area contributed by atoms with Gasteiger partial charge in [-0.3, -0.25) is 0 Å². The lowest BCUT2D eigenvalue weighted by Gasteiger charge is -2.03. The van der Waals surface area contributed by atoms with Gasteiger partial charge in [0, 0.05) is 16.8 Å². The molecule has 0 aliphatic heterocycles. The van der Waals surface area contributed by atoms with Gasteiger partial charge in [-0.15, -0.1) is 0 Å². The van der Waals surface area contributed by atoms with Crippen LogP contribution in [0, 0.1) is 5.21 Å². The third kappa shape index (κ3) is 5.27. The first-order valence-corrected chi connectivity index (χ1v) is 10.5. The number of carbonyl (C=O) groups is 2. The summed E-state index contributed by atoms with van der Waals surface area (Å²) in [7, 11) is 2.65. The van der Waals surface area contributed by atoms with Gasteiger partial charge in [-0.25, -0.2) is 14.6 Å². The molecule has 4 aromatic rings. The van der Waals surface area contributed by atoms with Crippen LogP contribution in [-0.4, -0.2) is 31.1 Å². The second-order valence-corrected chi connectivity index (χ2v) is 8.00. The highest BCUT2D eigenvalue weighted by atomic mass is 79.9. The van der Waals surface area contributed by atoms with Crippen LogP contribution in [0.2, 0.25) is 10.0 Å². The number of ether oxygens (including phenoxy) is 2. The number of halogens is 3. The number of nitrogens with zero attached hydrogens (tertiary/aromatic N) is 2. The summed E-state index contributed by atoms with van der Waals surface area (Å²) in [5, 5.41) is 13.7. The fourth-order valence-electron chi connectivity index (χ4n) is 2.86. The van der Waals surface area contributed by atoms with Crippen molar-refractivity contribution in [1.82, 2.24) is 4.98 Å². The molecule has 4 rings (SSSR count). The summed E-state index contributed by atoms with van der Waals surface area (Å²) < 4.78 is 10.5. The zero-order chi connectivity index (χ0) is 23.4. The Bertz CT molecular complexity index is 1350. The molecule has 2 heterocycles. The molecule has 0 amide bonds. The van der Waals surface area contributed by atoms with E-state index in [0.29, 0.717) is 41.4 Å². The lowest BCUT2D eigenvalue weighted by atomic mass is 10.1. The molecule has 2 aromatic carbocycles. The maximum absolute atomic E-state index is 11.5. The Hall–Kier alpha value is -2.94. The van der Waals surface area contributed by atoms with Crippen LogP contribution in [0.25, 0.3) is 21.8 Å². The van der Waals surface area contributed by atoms with Crippen molar-refractivity contribution in [3.8, 4) is 0 Å². The lowest BCUT2D eigenvalue weighted by Crippen LogP contribution is -2.26. The number of hydrogen-bond donors (Lipinski definition) is 0. The number of pyridine rings is 2. The van der Waals surface area contributed by atoms with Crippen molar-refractivity contribution in [2.75, 3.05) is 14.2 Å². The molecule has 0 radical (unpaired) electrons. The minimum absolute atomic E-state index is 0.324. The second-order valence-electron chi connectivity index (χ2n) is 6.41. The largest absolute Gasteiger partial charge is 0.618 e. The van der Waals surface area contributed by atoms with Crippen LogP contribution in [0.1, 0.15) is 20.7 Å². The maximum Gasteiger partial charge on any atom is 0.337 e. The Kier molecular flexibility index (Phi) is 7.50. The number of benzene rings is 2. The fourth-order valence-corrected chi connectivity index (χ4v) is 3.53. The zero-order valence-corrected chi connectivity index (χ0v) is 19.9. The summed E-state index contributed by atoms with van der Waals surface area (Å²) in [6.07, 6.45) is 1.27. The van der Waals surface area contributed by atoms with E-state index >= 15 is 0 Å². The molecule has 0 unspecified atom stereocenters. The Morgan fingerprint density at radius 2 is 1.53 bits per heavy atom. The minimum atomic E-state index is -0.445. The molecule has 0 N–H and O–H groups in total. The summed E-state index contributed by atoms with van der Waals surface area (Å²) in [4.78, 5) is 26.8. The first-order valence-electron chi connectivity index (χ1n) is 8.98. The zero-order valence-electron chi connectivity index (χ0n) is 16.8. The third-order valence-corrected chi connectivity index (χ3v) is 5.69. The molecule has 0 bridgehead atoms. The number of esters is 2. The SMILES string of the molecule is COC(=O)c1ccc2c(cc(Cl)c[n+]2[O-])c1.COC(=O)c1ccc2nc(Br)c(Cl)cc2c1. The summed E-state index contributed by atoms with van der Waals surface area (Å²) in [6, 6.07) is 13.2. The third-order valence-electron chi connectivity index (χ3n) is 4.37. The molecule has 32 heavy (non-hydrogen) atoms. The van der Waals surface area contributed by atoms with E-state index in [9.17, 15) is 14.8 Å². The number of fused-ring (bicyclic) bond motifs is 2. The van der Waals surface area contributed by atoms with Gasteiger partial charge in [-0.05, 0) is 58.4 Å². The Morgan fingerprint density at radius 1 is 0.938 bits per heavy atom. The van der Waals surface area contributed by atoms with Crippen molar-refractivity contribution in [2.45, 2.75) is 0 Å². The van der Waals surface area contributed by atoms with E-state index in [-0.39, 0.29) is 5.97 Å². The van der Waals surface area contributed by atoms with E-state index in [2.05, 4.69) is 30.4 Å². The molecule has 0 saturated heterocycles. The Labute approximate surface area is 201 Å². The quantitative estimate of drug-likeness (QED) is 0.148. The van der Waals surface area contributed by atoms with Gasteiger partial charge in [-0.2, -0.15) is 4.73 Å². The fraction of sp³-hybridized carbons (Fsp3) is 0.0909. The predicted molar refractivity (Wildman–Crippen MR) is 125 cm³/mol. The van der Waals surface area contributed by atoms with Gasteiger partial charge in [0.25, 0.3) is 0 Å². The summed E-state index contributed by atoms with van der Waals surface area (Å²) in [6.45, 7) is 0. The van der Waals surface area contributed by atoms with Gasteiger partial charge < -0.3 is 14.7 Å². The molecule has 7 nitrogen and oxygen atoms in total. The molecular weight excluding hydrogens is 523 g/mol. The van der Waals surface area contributed by atoms with E-state index in [1.165, 1.54) is 26.5 Å². The minimum Gasteiger partial charge on any atom is -0.618 e. The van der Waals surface area contributed by atoms with Crippen molar-refractivity contribution in [1.29, 1.82) is 0 Å². The molecule has 0 saturated carbocycles. The van der Waals surface area contributed by atoms with E-state index in [4.69, 9.17) is 23.2 Å². The second kappa shape index (κ2) is 10.1. The standard InChI is InChI=1S/C11H7BrClNO2.C11H8ClNO3/c1-16-11(15)6-2-3-9-7(4-6)5-8(13)10(12)14-9;1-16-11(14)7-2-3-10-8(4-7)5-9(12)6-13(10)15/h2-5H,1H3;2-6H,1H3. The monoisotopic (exact) mass is 536 g/mol. The average Bonchev–Trinajstić information content (AvgIpc) is 2.78. The van der Waals surface area contributed by atoms with Crippen LogP contribution in [-0.2, 0) is 9.47 Å². The molecule has 0 atom stereocenters. The highest BCUT2D eigenvalue weighted by Gasteiger charge is 2.11. The van der Waals surface area contributed by atoms with Crippen molar-refractivity contribution < 1.29 is 23.8 Å². The van der Waals surface area contributed by atoms with Crippen LogP contribution >= 0.6 is 39.1 Å². The molecule has 2 aromatic heterocycles. The van der Waals surface area contributed by atoms with Gasteiger partial charge in [0.1, 0.15) is 9.63 Å². The van der Waals surface area contributed by atoms with Gasteiger partial charge in [0.2, 0.25) is 5.52 Å². The number of aromatic nitrogens is 2. The van der Waals surface area contributed by atoms with Gasteiger partial charge in [0.05, 0.1) is 35.9 Å². The van der Waals surface area contributed by atoms with Crippen LogP contribution in [0.3, 0.4) is 0 Å². The number of carbonyl (C=O) groups excluding carboxylic acids is 2. The van der Waals surface area contributed by atoms with Crippen molar-refractivity contribution in [3.05, 3.63) is 85.7 Å². The summed E-state index contributed by atoms with van der Waals surface area (Å²) >= 11 is 14.9. The number of hydrogen-bond acceptors (Lipinski definition) is 6. The molecule has 10 heteroatoms. The van der Waals surface area contributed by atoms with Crippen LogP contribution in [0.5, 0.6) is 0 Å². The van der Waals surface area contributed by atoms with E-state index in [1.807, 2.05) is 0 Å². The van der Waals surface area contributed by atoms with Crippen molar-refractivity contribution >= 4 is 72.9 Å². The van der Waals surface area contributed by atoms with Crippen LogP contribution in [0.4, 0.5) is 0 Å². The summed E-state index contributed by atoms with van der Waals surface area (Å²) in [5.74, 6) is -0.819. The van der Waals surface area contributed by atoms with Crippen LogP contribution < -0.4 is 4.73 Å². The molecular formula is C22H15BrCl2N2O5. The molecule has 0 fully saturated rings. The Balaban J connectivity index is 0.000000181. The first-order chi connectivity index (χ1) is 15.2. The average molecular weight is 538 g/mol. The van der Waals surface area contributed by atoms with Crippen LogP contribution in [0.15, 0.2) is 59.3 Å². The highest BCUT2D eigenvalue weighted by molar-refractivity contribution is 9.10. The van der Waals surface area contributed by atoms with Crippen molar-refractivity contribution in [3.63, 3.8) is 0 Å². The topological polar surface area (TPSA) is 92.4 Å². The normalized spacial score (nSPS) is 10.4. The van der Waals surface area contributed by atoms with Gasteiger partial charge in [-0.1, -0.05) is 23.2 Å². The molecule has 0 spiro atoms. The first kappa shape index (κ1) is 23.7. The highest BCUT2D eigenvalue weighted by Crippen LogP contribution is 2.25. The van der Waals surface area contributed by atoms with E-state index < -0.39 is 5.97 Å².